The average molecular weight is 179 g/mol. The number of halogens is 1. The molecule has 0 amide bonds. The standard InChI is InChI=1S/C4H9.C3H7O.Al.ClH/c1-4(2)3;1-2-3-4;;/h4H,1H2,2-3H3;2-3H2,1H3;;1H/q;-1;+2;/p-1. The van der Waals surface area contributed by atoms with Crippen molar-refractivity contribution in [3.05, 3.63) is 0 Å². The van der Waals surface area contributed by atoms with E-state index in [1.54, 1.807) is 0 Å². The van der Waals surface area contributed by atoms with Gasteiger partial charge in [0.15, 0.2) is 0 Å². The molecule has 0 heterocycles. The molecular formula is C7H16AlClO. The van der Waals surface area contributed by atoms with Crippen LogP contribution in [0.15, 0.2) is 0 Å². The van der Waals surface area contributed by atoms with E-state index in [1.807, 2.05) is 0 Å². The van der Waals surface area contributed by atoms with Crippen molar-refractivity contribution in [1.29, 1.82) is 0 Å². The van der Waals surface area contributed by atoms with Gasteiger partial charge in [0, 0.05) is 6.61 Å². The van der Waals surface area contributed by atoms with Gasteiger partial charge in [0.25, 0.3) is 0 Å². The third kappa shape index (κ3) is 6.90. The number of hydrogen-bond donors (Lipinski definition) is 0. The van der Waals surface area contributed by atoms with E-state index in [0.29, 0.717) is 5.92 Å². The highest BCUT2D eigenvalue weighted by Gasteiger charge is 2.18. The van der Waals surface area contributed by atoms with Crippen LogP contribution in [0.1, 0.15) is 27.2 Å². The molecule has 0 aliphatic rings. The van der Waals surface area contributed by atoms with Crippen molar-refractivity contribution in [2.24, 2.45) is 5.92 Å². The maximum absolute atomic E-state index is 5.97. The molecule has 0 aromatic carbocycles. The van der Waals surface area contributed by atoms with Crippen molar-refractivity contribution in [2.75, 3.05) is 6.61 Å². The summed E-state index contributed by atoms with van der Waals surface area (Å²) in [6, 6.07) is 0. The van der Waals surface area contributed by atoms with Gasteiger partial charge in [0.1, 0.15) is 0 Å². The second-order valence-electron chi connectivity index (χ2n) is 2.91. The minimum Gasteiger partial charge on any atom is -0.489 e. The first-order chi connectivity index (χ1) is 4.66. The maximum atomic E-state index is 5.97. The molecule has 0 saturated carbocycles. The molecule has 0 aromatic heterocycles. The van der Waals surface area contributed by atoms with Crippen LogP contribution < -0.4 is 0 Å². The molecule has 0 spiro atoms. The van der Waals surface area contributed by atoms with Crippen LogP contribution in [0.3, 0.4) is 0 Å². The van der Waals surface area contributed by atoms with Crippen LogP contribution in [-0.2, 0) is 3.79 Å². The Hall–Kier alpha value is 0.782. The Morgan fingerprint density at radius 3 is 2.50 bits per heavy atom. The molecule has 0 N–H and O–H groups in total. The highest BCUT2D eigenvalue weighted by Crippen LogP contribution is 2.09. The van der Waals surface area contributed by atoms with Gasteiger partial charge >= 0.3 is 13.6 Å². The zero-order valence-corrected chi connectivity index (χ0v) is 8.97. The predicted octanol–water partition coefficient (Wildman–Crippen LogP) is 2.80. The Labute approximate surface area is 72.6 Å². The Morgan fingerprint density at radius 2 is 2.10 bits per heavy atom. The molecule has 0 radical (unpaired) electrons. The summed E-state index contributed by atoms with van der Waals surface area (Å²) < 4.78 is 5.41. The van der Waals surface area contributed by atoms with Crippen molar-refractivity contribution < 1.29 is 3.79 Å². The van der Waals surface area contributed by atoms with Crippen LogP contribution in [0.4, 0.5) is 0 Å². The lowest BCUT2D eigenvalue weighted by Crippen LogP contribution is -2.13. The van der Waals surface area contributed by atoms with Gasteiger partial charge in [0.05, 0.1) is 0 Å². The fourth-order valence-electron chi connectivity index (χ4n) is 0.684. The number of hydrogen-bond acceptors (Lipinski definition) is 1. The van der Waals surface area contributed by atoms with Crippen LogP contribution in [-0.4, -0.2) is 20.2 Å². The smallest absolute Gasteiger partial charge is 0.489 e. The van der Waals surface area contributed by atoms with E-state index in [-0.39, 0.29) is 0 Å². The minimum absolute atomic E-state index is 0.686. The SMILES string of the molecule is CCC[O][Al]([Cl])[CH2]C(C)C. The van der Waals surface area contributed by atoms with E-state index in [2.05, 4.69) is 20.8 Å². The van der Waals surface area contributed by atoms with E-state index >= 15 is 0 Å². The molecule has 60 valence electrons. The van der Waals surface area contributed by atoms with Crippen molar-refractivity contribution in [3.63, 3.8) is 0 Å². The van der Waals surface area contributed by atoms with Gasteiger partial charge in [-0.25, -0.2) is 10.0 Å². The second kappa shape index (κ2) is 6.49. The highest BCUT2D eigenvalue weighted by atomic mass is 35.6. The lowest BCUT2D eigenvalue weighted by atomic mass is 10.3. The molecule has 1 nitrogen and oxygen atoms in total. The summed E-state index contributed by atoms with van der Waals surface area (Å²) in [6.07, 6.45) is 1.08. The normalized spacial score (nSPS) is 10.5. The summed E-state index contributed by atoms with van der Waals surface area (Å²) >= 11 is -1.31. The van der Waals surface area contributed by atoms with Crippen LogP contribution in [0.5, 0.6) is 0 Å². The molecule has 0 rings (SSSR count). The third-order valence-corrected chi connectivity index (χ3v) is 3.98. The molecule has 0 bridgehead atoms. The van der Waals surface area contributed by atoms with Gasteiger partial charge in [-0.05, 0) is 6.42 Å². The Balaban J connectivity index is 3.16. The van der Waals surface area contributed by atoms with Crippen molar-refractivity contribution in [1.82, 2.24) is 0 Å². The summed E-state index contributed by atoms with van der Waals surface area (Å²) in [4.78, 5) is 0. The minimum atomic E-state index is -1.31. The van der Waals surface area contributed by atoms with Gasteiger partial charge in [-0.1, -0.05) is 32.0 Å². The lowest BCUT2D eigenvalue weighted by Gasteiger charge is -2.06. The van der Waals surface area contributed by atoms with Crippen LogP contribution in [0, 0.1) is 5.92 Å². The van der Waals surface area contributed by atoms with Crippen molar-refractivity contribution in [2.45, 2.75) is 32.5 Å². The van der Waals surface area contributed by atoms with Gasteiger partial charge in [0.2, 0.25) is 0 Å². The van der Waals surface area contributed by atoms with Crippen molar-refractivity contribution >= 4 is 23.6 Å². The van der Waals surface area contributed by atoms with E-state index < -0.39 is 13.6 Å². The highest BCUT2D eigenvalue weighted by molar-refractivity contribution is 7.03. The zero-order chi connectivity index (χ0) is 7.98. The molecule has 0 aliphatic carbocycles. The van der Waals surface area contributed by atoms with Crippen LogP contribution in [0.2, 0.25) is 5.28 Å². The fraction of sp³-hybridized carbons (Fsp3) is 1.00. The van der Waals surface area contributed by atoms with Crippen LogP contribution >= 0.6 is 10.0 Å². The Kier molecular flexibility index (Phi) is 7.00. The van der Waals surface area contributed by atoms with Gasteiger partial charge in [-0.3, -0.25) is 0 Å². The van der Waals surface area contributed by atoms with Gasteiger partial charge in [-0.2, -0.15) is 0 Å². The molecule has 0 unspecified atom stereocenters. The summed E-state index contributed by atoms with van der Waals surface area (Å²) in [5.74, 6) is 0.686. The average Bonchev–Trinajstić information content (AvgIpc) is 1.82. The Morgan fingerprint density at radius 1 is 1.50 bits per heavy atom. The molecule has 0 fully saturated rings. The van der Waals surface area contributed by atoms with E-state index in [0.717, 1.165) is 18.3 Å². The van der Waals surface area contributed by atoms with Crippen LogP contribution in [0.25, 0.3) is 0 Å². The van der Waals surface area contributed by atoms with Crippen molar-refractivity contribution in [3.8, 4) is 0 Å². The maximum Gasteiger partial charge on any atom is 0.591 e. The fourth-order valence-corrected chi connectivity index (χ4v) is 3.39. The second-order valence-corrected chi connectivity index (χ2v) is 6.00. The van der Waals surface area contributed by atoms with Gasteiger partial charge < -0.3 is 3.79 Å². The molecule has 0 aliphatic heterocycles. The summed E-state index contributed by atoms with van der Waals surface area (Å²) in [6.45, 7) is 7.30. The molecule has 0 atom stereocenters. The largest absolute Gasteiger partial charge is 0.591 e. The summed E-state index contributed by atoms with van der Waals surface area (Å²) in [5.41, 5.74) is 0. The Bertz CT molecular complexity index is 78.0. The lowest BCUT2D eigenvalue weighted by molar-refractivity contribution is 0.326. The molecular weight excluding hydrogens is 163 g/mol. The monoisotopic (exact) mass is 178 g/mol. The predicted molar refractivity (Wildman–Crippen MR) is 47.5 cm³/mol. The summed E-state index contributed by atoms with van der Waals surface area (Å²) in [7, 11) is 5.97. The van der Waals surface area contributed by atoms with Gasteiger partial charge in [-0.15, -0.1) is 0 Å². The first-order valence-corrected chi connectivity index (χ1v) is 6.95. The molecule has 10 heavy (non-hydrogen) atoms. The van der Waals surface area contributed by atoms with E-state index in [1.165, 1.54) is 0 Å². The first-order valence-electron chi connectivity index (χ1n) is 3.92. The zero-order valence-electron chi connectivity index (χ0n) is 7.06. The van der Waals surface area contributed by atoms with E-state index in [9.17, 15) is 0 Å². The molecule has 0 saturated heterocycles. The number of rotatable bonds is 5. The molecule has 0 aromatic rings. The topological polar surface area (TPSA) is 9.23 Å². The van der Waals surface area contributed by atoms with E-state index in [4.69, 9.17) is 13.8 Å². The summed E-state index contributed by atoms with van der Waals surface area (Å²) in [5, 5.41) is 1.08. The first kappa shape index (κ1) is 10.8. The third-order valence-electron chi connectivity index (χ3n) is 1.16. The quantitative estimate of drug-likeness (QED) is 0.589. The molecule has 3 heteroatoms.